The summed E-state index contributed by atoms with van der Waals surface area (Å²) >= 11 is 0. The van der Waals surface area contributed by atoms with Gasteiger partial charge in [0.2, 0.25) is 5.95 Å². The van der Waals surface area contributed by atoms with Gasteiger partial charge in [0, 0.05) is 49.4 Å². The first-order valence-corrected chi connectivity index (χ1v) is 22.6. The molecule has 4 aromatic heterocycles. The molecule has 0 N–H and O–H groups in total. The van der Waals surface area contributed by atoms with Gasteiger partial charge in [0.15, 0.2) is 29.1 Å². The highest BCUT2D eigenvalue weighted by molar-refractivity contribution is 6.29. The molecule has 318 valence electrons. The molecule has 9 aromatic carbocycles. The van der Waals surface area contributed by atoms with E-state index in [-0.39, 0.29) is 0 Å². The fraction of sp³-hybridized carbons (Fsp3) is 0. The molecule has 0 unspecified atom stereocenters. The summed E-state index contributed by atoms with van der Waals surface area (Å²) in [6.07, 6.45) is 0. The minimum Gasteiger partial charge on any atom is -0.308 e. The third kappa shape index (κ3) is 6.54. The predicted molar refractivity (Wildman–Crippen MR) is 275 cm³/mol. The van der Waals surface area contributed by atoms with Crippen LogP contribution in [0, 0.1) is 0 Å². The van der Waals surface area contributed by atoms with E-state index in [9.17, 15) is 0 Å². The van der Waals surface area contributed by atoms with Crippen molar-refractivity contribution in [2.75, 3.05) is 0 Å². The Morgan fingerprint density at radius 2 is 0.603 bits per heavy atom. The fourth-order valence-electron chi connectivity index (χ4n) is 9.63. The van der Waals surface area contributed by atoms with Crippen LogP contribution in [0.3, 0.4) is 0 Å². The number of hydrogen-bond donors (Lipinski definition) is 0. The summed E-state index contributed by atoms with van der Waals surface area (Å²) in [5.74, 6) is 3.54. The van der Waals surface area contributed by atoms with Gasteiger partial charge in [-0.05, 0) is 47.5 Å². The molecule has 0 amide bonds. The van der Waals surface area contributed by atoms with Gasteiger partial charge in [0.05, 0.1) is 27.8 Å². The van der Waals surface area contributed by atoms with Crippen LogP contribution >= 0.6 is 0 Å². The maximum Gasteiger partial charge on any atom is 0.238 e. The Balaban J connectivity index is 1.06. The molecule has 0 saturated heterocycles. The Morgan fingerprint density at radius 3 is 1.16 bits per heavy atom. The van der Waals surface area contributed by atoms with E-state index < -0.39 is 0 Å². The van der Waals surface area contributed by atoms with Crippen LogP contribution in [0.25, 0.3) is 123 Å². The molecular formula is C60H38N8. The van der Waals surface area contributed by atoms with Crippen LogP contribution in [0.5, 0.6) is 0 Å². The van der Waals surface area contributed by atoms with E-state index in [0.29, 0.717) is 35.1 Å². The lowest BCUT2D eigenvalue weighted by atomic mass is 9.99. The molecule has 0 aliphatic rings. The van der Waals surface area contributed by atoms with Crippen molar-refractivity contribution in [3.63, 3.8) is 0 Å². The Kier molecular flexibility index (Phi) is 9.31. The van der Waals surface area contributed by atoms with Gasteiger partial charge >= 0.3 is 0 Å². The van der Waals surface area contributed by atoms with Crippen LogP contribution in [0.4, 0.5) is 0 Å². The second kappa shape index (κ2) is 16.2. The molecule has 0 spiro atoms. The van der Waals surface area contributed by atoms with E-state index in [0.717, 1.165) is 88.2 Å². The lowest BCUT2D eigenvalue weighted by Gasteiger charge is -2.15. The van der Waals surface area contributed by atoms with Crippen molar-refractivity contribution in [2.45, 2.75) is 0 Å². The van der Waals surface area contributed by atoms with E-state index in [1.165, 1.54) is 0 Å². The number of para-hydroxylation sites is 3. The Labute approximate surface area is 391 Å². The number of rotatable bonds is 8. The SMILES string of the molecule is c1ccc(-c2nc(-c3ccccc3)nc(-c3ccccc3-n3c4ccccc4c4c5c6ccccc6n(-c6nc(-c7ccccc7)nc(-c7ccccc7-c7ccccc7)n6)c5ccc43)n2)cc1. The number of hydrogen-bond acceptors (Lipinski definition) is 6. The van der Waals surface area contributed by atoms with E-state index in [2.05, 4.69) is 149 Å². The van der Waals surface area contributed by atoms with Gasteiger partial charge in [0.25, 0.3) is 0 Å². The van der Waals surface area contributed by atoms with E-state index in [4.69, 9.17) is 29.9 Å². The van der Waals surface area contributed by atoms with Crippen molar-refractivity contribution in [2.24, 2.45) is 0 Å². The largest absolute Gasteiger partial charge is 0.308 e. The average Bonchev–Trinajstić information content (AvgIpc) is 3.94. The summed E-state index contributed by atoms with van der Waals surface area (Å²) in [5.41, 5.74) is 11.7. The van der Waals surface area contributed by atoms with Crippen LogP contribution in [0.15, 0.2) is 231 Å². The highest BCUT2D eigenvalue weighted by Crippen LogP contribution is 2.44. The summed E-state index contributed by atoms with van der Waals surface area (Å²) in [7, 11) is 0. The Bertz CT molecular complexity index is 3960. The van der Waals surface area contributed by atoms with Crippen LogP contribution in [-0.4, -0.2) is 39.0 Å². The van der Waals surface area contributed by atoms with Gasteiger partial charge in [-0.2, -0.15) is 9.97 Å². The van der Waals surface area contributed by atoms with Crippen molar-refractivity contribution in [3.8, 4) is 79.7 Å². The minimum atomic E-state index is 0.537. The molecule has 0 radical (unpaired) electrons. The molecule has 13 aromatic rings. The number of fused-ring (bicyclic) bond motifs is 7. The van der Waals surface area contributed by atoms with Crippen LogP contribution in [0.2, 0.25) is 0 Å². The van der Waals surface area contributed by atoms with Gasteiger partial charge in [-0.25, -0.2) is 19.9 Å². The van der Waals surface area contributed by atoms with E-state index in [1.807, 2.05) is 91.0 Å². The first-order valence-electron chi connectivity index (χ1n) is 22.6. The third-order valence-electron chi connectivity index (χ3n) is 12.7. The average molecular weight is 871 g/mol. The Hall–Kier alpha value is -9.40. The zero-order chi connectivity index (χ0) is 45.0. The molecule has 13 rings (SSSR count). The van der Waals surface area contributed by atoms with Crippen molar-refractivity contribution in [1.29, 1.82) is 0 Å². The molecule has 0 fully saturated rings. The van der Waals surface area contributed by atoms with Gasteiger partial charge in [-0.3, -0.25) is 4.57 Å². The first-order chi connectivity index (χ1) is 33.7. The maximum absolute atomic E-state index is 5.37. The second-order valence-electron chi connectivity index (χ2n) is 16.7. The van der Waals surface area contributed by atoms with Gasteiger partial charge in [-0.1, -0.05) is 194 Å². The van der Waals surface area contributed by atoms with Gasteiger partial charge < -0.3 is 4.57 Å². The van der Waals surface area contributed by atoms with Crippen LogP contribution in [0.1, 0.15) is 0 Å². The monoisotopic (exact) mass is 870 g/mol. The van der Waals surface area contributed by atoms with Crippen molar-refractivity contribution < 1.29 is 0 Å². The molecule has 0 atom stereocenters. The van der Waals surface area contributed by atoms with Crippen LogP contribution < -0.4 is 0 Å². The Morgan fingerprint density at radius 1 is 0.235 bits per heavy atom. The molecule has 0 aliphatic heterocycles. The summed E-state index contributed by atoms with van der Waals surface area (Å²) < 4.78 is 4.56. The molecule has 0 bridgehead atoms. The zero-order valence-corrected chi connectivity index (χ0v) is 36.5. The van der Waals surface area contributed by atoms with Crippen molar-refractivity contribution in [1.82, 2.24) is 39.0 Å². The van der Waals surface area contributed by atoms with Crippen molar-refractivity contribution >= 4 is 43.6 Å². The molecule has 8 heteroatoms. The predicted octanol–water partition coefficient (Wildman–Crippen LogP) is 14.3. The summed E-state index contributed by atoms with van der Waals surface area (Å²) in [6.45, 7) is 0. The van der Waals surface area contributed by atoms with E-state index >= 15 is 0 Å². The summed E-state index contributed by atoms with van der Waals surface area (Å²) in [6, 6.07) is 79.2. The van der Waals surface area contributed by atoms with E-state index in [1.54, 1.807) is 0 Å². The maximum atomic E-state index is 5.37. The lowest BCUT2D eigenvalue weighted by molar-refractivity contribution is 0.954. The smallest absolute Gasteiger partial charge is 0.238 e. The third-order valence-corrected chi connectivity index (χ3v) is 12.7. The normalized spacial score (nSPS) is 11.5. The standard InChI is InChI=1S/C60H38N8/c1-5-21-39(22-6-1)43-29-13-14-30-44(43)58-64-57(42-27-11-4-12-28-42)65-60(66-58)68-49-35-19-16-32-46(49)54-52(68)38-37-51-53(54)45-31-15-18-34-48(45)67(51)50-36-20-17-33-47(50)59-62-55(40-23-7-2-8-24-40)61-56(63-59)41-25-9-3-10-26-41/h1-38H. The molecular weight excluding hydrogens is 833 g/mol. The highest BCUT2D eigenvalue weighted by Gasteiger charge is 2.25. The molecule has 4 heterocycles. The number of aromatic nitrogens is 8. The fourth-order valence-corrected chi connectivity index (χ4v) is 9.63. The van der Waals surface area contributed by atoms with Gasteiger partial charge in [-0.15, -0.1) is 0 Å². The number of nitrogens with zero attached hydrogens (tertiary/aromatic N) is 8. The number of benzene rings is 9. The molecule has 0 aliphatic carbocycles. The van der Waals surface area contributed by atoms with Crippen LogP contribution in [-0.2, 0) is 0 Å². The summed E-state index contributed by atoms with van der Waals surface area (Å²) in [4.78, 5) is 31.2. The topological polar surface area (TPSA) is 87.2 Å². The highest BCUT2D eigenvalue weighted by atomic mass is 15.2. The van der Waals surface area contributed by atoms with Crippen molar-refractivity contribution in [3.05, 3.63) is 231 Å². The molecule has 0 saturated carbocycles. The first kappa shape index (κ1) is 39.0. The zero-order valence-electron chi connectivity index (χ0n) is 36.5. The second-order valence-corrected chi connectivity index (χ2v) is 16.7. The minimum absolute atomic E-state index is 0.537. The molecule has 68 heavy (non-hydrogen) atoms. The summed E-state index contributed by atoms with van der Waals surface area (Å²) in [5, 5.41) is 4.45. The van der Waals surface area contributed by atoms with Gasteiger partial charge in [0.1, 0.15) is 0 Å². The quantitative estimate of drug-likeness (QED) is 0.151. The molecule has 8 nitrogen and oxygen atoms in total. The lowest BCUT2D eigenvalue weighted by Crippen LogP contribution is -2.07.